The van der Waals surface area contributed by atoms with Gasteiger partial charge in [0.15, 0.2) is 0 Å². The predicted molar refractivity (Wildman–Crippen MR) is 71.7 cm³/mol. The molecule has 1 aliphatic rings. The fourth-order valence-corrected chi connectivity index (χ4v) is 3.26. The van der Waals surface area contributed by atoms with Crippen molar-refractivity contribution < 1.29 is 0 Å². The monoisotopic (exact) mass is 229 g/mol. The van der Waals surface area contributed by atoms with E-state index in [4.69, 9.17) is 0 Å². The van der Waals surface area contributed by atoms with Crippen molar-refractivity contribution in [2.24, 2.45) is 5.41 Å². The second kappa shape index (κ2) is 5.58. The van der Waals surface area contributed by atoms with Crippen LogP contribution in [0.4, 0.5) is 0 Å². The van der Waals surface area contributed by atoms with Crippen LogP contribution in [0.5, 0.6) is 0 Å². The first-order chi connectivity index (χ1) is 6.97. The van der Waals surface area contributed by atoms with Crippen LogP contribution < -0.4 is 5.32 Å². The molecule has 0 radical (unpaired) electrons. The van der Waals surface area contributed by atoms with Crippen LogP contribution in [-0.4, -0.2) is 24.1 Å². The number of thioether (sulfide) groups is 1. The lowest BCUT2D eigenvalue weighted by Gasteiger charge is -2.36. The summed E-state index contributed by atoms with van der Waals surface area (Å²) >= 11 is 2.08. The molecule has 1 N–H and O–H groups in total. The Hall–Kier alpha value is 0.310. The molecule has 0 saturated heterocycles. The van der Waals surface area contributed by atoms with Gasteiger partial charge in [-0.1, -0.05) is 40.0 Å². The summed E-state index contributed by atoms with van der Waals surface area (Å²) < 4.78 is 0.545. The largest absolute Gasteiger partial charge is 0.315 e. The summed E-state index contributed by atoms with van der Waals surface area (Å²) in [5, 5.41) is 3.67. The molecule has 90 valence electrons. The smallest absolute Gasteiger partial charge is 0.0281 e. The minimum atomic E-state index is 0.411. The maximum Gasteiger partial charge on any atom is 0.0281 e. The van der Waals surface area contributed by atoms with E-state index in [-0.39, 0.29) is 0 Å². The highest BCUT2D eigenvalue weighted by Crippen LogP contribution is 2.38. The van der Waals surface area contributed by atoms with E-state index in [9.17, 15) is 0 Å². The average molecular weight is 229 g/mol. The van der Waals surface area contributed by atoms with Gasteiger partial charge in [0.1, 0.15) is 0 Å². The summed E-state index contributed by atoms with van der Waals surface area (Å²) in [6.07, 6.45) is 9.40. The van der Waals surface area contributed by atoms with Crippen LogP contribution >= 0.6 is 11.8 Å². The van der Waals surface area contributed by atoms with Crippen LogP contribution in [0.15, 0.2) is 0 Å². The highest BCUT2D eigenvalue weighted by Gasteiger charge is 2.30. The molecule has 1 saturated carbocycles. The molecule has 1 rings (SSSR count). The molecular weight excluding hydrogens is 202 g/mol. The summed E-state index contributed by atoms with van der Waals surface area (Å²) in [5.41, 5.74) is 0.411. The molecule has 0 heterocycles. The van der Waals surface area contributed by atoms with Crippen LogP contribution in [0.3, 0.4) is 0 Å². The van der Waals surface area contributed by atoms with Gasteiger partial charge in [0.2, 0.25) is 0 Å². The normalized spacial score (nSPS) is 21.6. The van der Waals surface area contributed by atoms with Gasteiger partial charge in [-0.2, -0.15) is 11.8 Å². The van der Waals surface area contributed by atoms with Gasteiger partial charge in [-0.15, -0.1) is 0 Å². The quantitative estimate of drug-likeness (QED) is 0.789. The molecule has 1 nitrogen and oxygen atoms in total. The summed E-state index contributed by atoms with van der Waals surface area (Å²) in [5.74, 6) is 0. The summed E-state index contributed by atoms with van der Waals surface area (Å²) in [6, 6.07) is 0. The van der Waals surface area contributed by atoms with E-state index in [1.54, 1.807) is 0 Å². The number of hydrogen-bond donors (Lipinski definition) is 1. The van der Waals surface area contributed by atoms with Crippen molar-refractivity contribution >= 4 is 11.8 Å². The lowest BCUT2D eigenvalue weighted by molar-refractivity contribution is 0.334. The molecule has 2 heteroatoms. The van der Waals surface area contributed by atoms with Crippen molar-refractivity contribution in [2.45, 2.75) is 57.6 Å². The molecule has 0 unspecified atom stereocenters. The molecule has 1 aliphatic carbocycles. The van der Waals surface area contributed by atoms with E-state index in [2.05, 4.69) is 44.1 Å². The maximum atomic E-state index is 3.67. The van der Waals surface area contributed by atoms with Crippen molar-refractivity contribution in [1.82, 2.24) is 5.32 Å². The first-order valence-corrected chi connectivity index (χ1v) is 7.46. The molecule has 1 fully saturated rings. The molecule has 0 aromatic heterocycles. The van der Waals surface area contributed by atoms with E-state index in [1.165, 1.54) is 38.6 Å². The third-order valence-electron chi connectivity index (χ3n) is 3.30. The Labute approximate surface area is 99.8 Å². The van der Waals surface area contributed by atoms with E-state index < -0.39 is 0 Å². The van der Waals surface area contributed by atoms with E-state index in [0.717, 1.165) is 6.54 Å². The minimum Gasteiger partial charge on any atom is -0.315 e. The maximum absolute atomic E-state index is 3.67. The highest BCUT2D eigenvalue weighted by atomic mass is 32.2. The Balaban J connectivity index is 2.33. The van der Waals surface area contributed by atoms with Gasteiger partial charge in [-0.05, 0) is 24.5 Å². The van der Waals surface area contributed by atoms with Gasteiger partial charge in [0.05, 0.1) is 0 Å². The van der Waals surface area contributed by atoms with Gasteiger partial charge in [0, 0.05) is 17.8 Å². The van der Waals surface area contributed by atoms with Crippen molar-refractivity contribution in [1.29, 1.82) is 0 Å². The van der Waals surface area contributed by atoms with Crippen molar-refractivity contribution in [3.63, 3.8) is 0 Å². The fourth-order valence-electron chi connectivity index (χ4n) is 2.31. The number of rotatable bonds is 4. The zero-order valence-electron chi connectivity index (χ0n) is 10.9. The van der Waals surface area contributed by atoms with Crippen molar-refractivity contribution in [2.75, 3.05) is 19.3 Å². The van der Waals surface area contributed by atoms with Gasteiger partial charge >= 0.3 is 0 Å². The second-order valence-corrected chi connectivity index (χ2v) is 7.39. The standard InChI is InChI=1S/C13H27NS/c1-12(2,3)10-14-11-13(15-4)8-6-5-7-9-13/h14H,5-11H2,1-4H3. The summed E-state index contributed by atoms with van der Waals surface area (Å²) in [4.78, 5) is 0. The first-order valence-electron chi connectivity index (χ1n) is 6.23. The fraction of sp³-hybridized carbons (Fsp3) is 1.00. The van der Waals surface area contributed by atoms with Crippen LogP contribution in [-0.2, 0) is 0 Å². The van der Waals surface area contributed by atoms with E-state index in [0.29, 0.717) is 10.2 Å². The van der Waals surface area contributed by atoms with Gasteiger partial charge in [0.25, 0.3) is 0 Å². The predicted octanol–water partition coefficient (Wildman–Crippen LogP) is 3.69. The van der Waals surface area contributed by atoms with Crippen LogP contribution in [0.2, 0.25) is 0 Å². The van der Waals surface area contributed by atoms with Gasteiger partial charge < -0.3 is 5.32 Å². The minimum absolute atomic E-state index is 0.411. The molecule has 0 amide bonds. The van der Waals surface area contributed by atoms with E-state index >= 15 is 0 Å². The van der Waals surface area contributed by atoms with Gasteiger partial charge in [-0.3, -0.25) is 0 Å². The first kappa shape index (κ1) is 13.4. The highest BCUT2D eigenvalue weighted by molar-refractivity contribution is 8.00. The molecule has 0 aromatic carbocycles. The molecule has 15 heavy (non-hydrogen) atoms. The third kappa shape index (κ3) is 4.78. The average Bonchev–Trinajstić information content (AvgIpc) is 2.17. The Morgan fingerprint density at radius 3 is 2.20 bits per heavy atom. The number of hydrogen-bond acceptors (Lipinski definition) is 2. The molecule has 0 bridgehead atoms. The number of nitrogens with one attached hydrogen (secondary N) is 1. The Kier molecular flexibility index (Phi) is 4.98. The molecular formula is C13H27NS. The lowest BCUT2D eigenvalue weighted by Crippen LogP contribution is -2.41. The van der Waals surface area contributed by atoms with Crippen LogP contribution in [0.1, 0.15) is 52.9 Å². The summed E-state index contributed by atoms with van der Waals surface area (Å²) in [7, 11) is 0. The topological polar surface area (TPSA) is 12.0 Å². The van der Waals surface area contributed by atoms with Crippen molar-refractivity contribution in [3.8, 4) is 0 Å². The van der Waals surface area contributed by atoms with Crippen LogP contribution in [0, 0.1) is 5.41 Å². The zero-order valence-corrected chi connectivity index (χ0v) is 11.7. The molecule has 0 aromatic rings. The SMILES string of the molecule is CSC1(CNCC(C)(C)C)CCCCC1. The molecule has 0 spiro atoms. The van der Waals surface area contributed by atoms with Crippen molar-refractivity contribution in [3.05, 3.63) is 0 Å². The zero-order chi connectivity index (χ0) is 11.4. The third-order valence-corrected chi connectivity index (χ3v) is 4.72. The van der Waals surface area contributed by atoms with Gasteiger partial charge in [-0.25, -0.2) is 0 Å². The Bertz CT molecular complexity index is 177. The Morgan fingerprint density at radius 1 is 1.13 bits per heavy atom. The molecule has 0 aliphatic heterocycles. The second-order valence-electron chi connectivity index (χ2n) is 6.11. The summed E-state index contributed by atoms with van der Waals surface area (Å²) in [6.45, 7) is 9.23. The van der Waals surface area contributed by atoms with E-state index in [1.807, 2.05) is 0 Å². The Morgan fingerprint density at radius 2 is 1.73 bits per heavy atom. The lowest BCUT2D eigenvalue weighted by atomic mass is 9.87. The molecule has 0 atom stereocenters. The van der Waals surface area contributed by atoms with Crippen LogP contribution in [0.25, 0.3) is 0 Å².